The number of ether oxygens (including phenoxy) is 1. The van der Waals surface area contributed by atoms with E-state index in [1.54, 1.807) is 7.11 Å². The zero-order chi connectivity index (χ0) is 18.0. The maximum Gasteiger partial charge on any atom is 0.132 e. The minimum Gasteiger partial charge on any atom is -0.385 e. The van der Waals surface area contributed by atoms with Crippen LogP contribution in [0.2, 0.25) is 0 Å². The van der Waals surface area contributed by atoms with Gasteiger partial charge in [-0.05, 0) is 25.8 Å². The predicted molar refractivity (Wildman–Crippen MR) is 104 cm³/mol. The van der Waals surface area contributed by atoms with Crippen molar-refractivity contribution in [3.05, 3.63) is 0 Å². The number of rotatable bonds is 13. The number of unbranched alkanes of at least 4 members (excludes halogenated alkanes) is 4. The molecule has 1 aliphatic rings. The van der Waals surface area contributed by atoms with Crippen molar-refractivity contribution in [3.8, 4) is 0 Å². The van der Waals surface area contributed by atoms with Crippen LogP contribution in [0.4, 0.5) is 0 Å². The minimum atomic E-state index is 0.420. The summed E-state index contributed by atoms with van der Waals surface area (Å²) in [5, 5.41) is 0. The van der Waals surface area contributed by atoms with Gasteiger partial charge in [0.25, 0.3) is 0 Å². The predicted octanol–water partition coefficient (Wildman–Crippen LogP) is 3.99. The molecule has 144 valence electrons. The fourth-order valence-electron chi connectivity index (χ4n) is 3.03. The lowest BCUT2D eigenvalue weighted by Gasteiger charge is -2.34. The molecule has 0 N–H and O–H groups in total. The summed E-state index contributed by atoms with van der Waals surface area (Å²) in [4.78, 5) is 16.4. The molecule has 4 heteroatoms. The van der Waals surface area contributed by atoms with E-state index >= 15 is 0 Å². The molecule has 0 spiro atoms. The summed E-state index contributed by atoms with van der Waals surface area (Å²) in [6.07, 6.45) is 8.87. The Hall–Kier alpha value is -0.450. The zero-order valence-electron chi connectivity index (χ0n) is 16.8. The molecule has 0 aliphatic carbocycles. The maximum atomic E-state index is 11.2. The Labute approximate surface area is 150 Å². The number of Topliss-reactive ketones (excluding diaryl/α,β-unsaturated/α-hetero) is 1. The highest BCUT2D eigenvalue weighted by atomic mass is 16.5. The molecule has 1 heterocycles. The molecule has 0 radical (unpaired) electrons. The van der Waals surface area contributed by atoms with Crippen LogP contribution >= 0.6 is 0 Å². The Morgan fingerprint density at radius 1 is 0.833 bits per heavy atom. The molecule has 1 aliphatic heterocycles. The van der Waals surface area contributed by atoms with Crippen LogP contribution in [0.3, 0.4) is 0 Å². The molecule has 0 saturated carbocycles. The molecule has 0 aromatic carbocycles. The first kappa shape index (κ1) is 23.5. The van der Waals surface area contributed by atoms with E-state index in [1.807, 2.05) is 20.8 Å². The summed E-state index contributed by atoms with van der Waals surface area (Å²) in [6, 6.07) is 0. The molecule has 0 bridgehead atoms. The van der Waals surface area contributed by atoms with Crippen molar-refractivity contribution in [2.75, 3.05) is 53.0 Å². The van der Waals surface area contributed by atoms with Gasteiger partial charge in [-0.1, -0.05) is 40.0 Å². The molecule has 0 aromatic rings. The normalized spacial score (nSPS) is 15.8. The van der Waals surface area contributed by atoms with Gasteiger partial charge in [0.15, 0.2) is 0 Å². The van der Waals surface area contributed by atoms with E-state index < -0.39 is 0 Å². The van der Waals surface area contributed by atoms with Gasteiger partial charge in [0.1, 0.15) is 5.78 Å². The first-order valence-electron chi connectivity index (χ1n) is 10.2. The average Bonchev–Trinajstić information content (AvgIpc) is 2.63. The summed E-state index contributed by atoms with van der Waals surface area (Å²) in [5.74, 6) is 0.420. The summed E-state index contributed by atoms with van der Waals surface area (Å²) >= 11 is 0. The summed E-state index contributed by atoms with van der Waals surface area (Å²) < 4.78 is 5.11. The molecule has 0 aromatic heterocycles. The summed E-state index contributed by atoms with van der Waals surface area (Å²) in [5.41, 5.74) is 0. The molecule has 1 saturated heterocycles. The maximum absolute atomic E-state index is 11.2. The third-order valence-corrected chi connectivity index (χ3v) is 4.61. The number of carbonyl (C=O) groups is 1. The molecule has 1 rings (SSSR count). The monoisotopic (exact) mass is 342 g/mol. The van der Waals surface area contributed by atoms with E-state index in [9.17, 15) is 4.79 Å². The number of ketones is 1. The van der Waals surface area contributed by atoms with Crippen molar-refractivity contribution in [3.63, 3.8) is 0 Å². The Balaban J connectivity index is 0.00000254. The average molecular weight is 343 g/mol. The first-order chi connectivity index (χ1) is 11.8. The second-order valence-corrected chi connectivity index (χ2v) is 6.44. The van der Waals surface area contributed by atoms with Gasteiger partial charge in [-0.3, -0.25) is 4.79 Å². The molecule has 4 nitrogen and oxygen atoms in total. The van der Waals surface area contributed by atoms with Crippen LogP contribution in [0.15, 0.2) is 0 Å². The number of carbonyl (C=O) groups excluding carboxylic acids is 1. The Morgan fingerprint density at radius 3 is 1.88 bits per heavy atom. The lowest BCUT2D eigenvalue weighted by Crippen LogP contribution is -2.46. The van der Waals surface area contributed by atoms with E-state index in [-0.39, 0.29) is 0 Å². The third-order valence-electron chi connectivity index (χ3n) is 4.61. The molecule has 1 fully saturated rings. The summed E-state index contributed by atoms with van der Waals surface area (Å²) in [7, 11) is 1.78. The smallest absolute Gasteiger partial charge is 0.132 e. The Morgan fingerprint density at radius 2 is 1.33 bits per heavy atom. The highest BCUT2D eigenvalue weighted by molar-refractivity contribution is 5.77. The Bertz CT molecular complexity index is 277. The van der Waals surface area contributed by atoms with Crippen molar-refractivity contribution in [1.29, 1.82) is 0 Å². The van der Waals surface area contributed by atoms with Gasteiger partial charge in [-0.25, -0.2) is 0 Å². The highest BCUT2D eigenvalue weighted by Crippen LogP contribution is 2.09. The molecular weight excluding hydrogens is 300 g/mol. The van der Waals surface area contributed by atoms with E-state index in [1.165, 1.54) is 65.0 Å². The number of methoxy groups -OCH3 is 1. The van der Waals surface area contributed by atoms with Crippen molar-refractivity contribution in [2.45, 2.75) is 72.1 Å². The van der Waals surface area contributed by atoms with Gasteiger partial charge >= 0.3 is 0 Å². The number of hydrogen-bond donors (Lipinski definition) is 0. The van der Waals surface area contributed by atoms with E-state index in [0.717, 1.165) is 25.9 Å². The fraction of sp³-hybridized carbons (Fsp3) is 0.950. The quantitative estimate of drug-likeness (QED) is 0.474. The van der Waals surface area contributed by atoms with Crippen LogP contribution < -0.4 is 0 Å². The molecule has 0 unspecified atom stereocenters. The van der Waals surface area contributed by atoms with Crippen LogP contribution in [-0.4, -0.2) is 68.6 Å². The van der Waals surface area contributed by atoms with Crippen LogP contribution in [0.25, 0.3) is 0 Å². The van der Waals surface area contributed by atoms with Crippen molar-refractivity contribution in [1.82, 2.24) is 9.80 Å². The van der Waals surface area contributed by atoms with Crippen LogP contribution in [-0.2, 0) is 9.53 Å². The second kappa shape index (κ2) is 17.4. The minimum absolute atomic E-state index is 0.420. The molecule has 24 heavy (non-hydrogen) atoms. The fourth-order valence-corrected chi connectivity index (χ4v) is 3.03. The van der Waals surface area contributed by atoms with E-state index in [4.69, 9.17) is 4.74 Å². The number of hydrogen-bond acceptors (Lipinski definition) is 4. The van der Waals surface area contributed by atoms with E-state index in [0.29, 0.717) is 12.2 Å². The van der Waals surface area contributed by atoms with Gasteiger partial charge in [0.2, 0.25) is 0 Å². The van der Waals surface area contributed by atoms with Crippen LogP contribution in [0.1, 0.15) is 72.1 Å². The largest absolute Gasteiger partial charge is 0.385 e. The Kier molecular flexibility index (Phi) is 17.0. The van der Waals surface area contributed by atoms with Crippen molar-refractivity contribution >= 4 is 5.78 Å². The first-order valence-corrected chi connectivity index (χ1v) is 10.2. The SMILES string of the molecule is CC.CCC(=O)CCCCCCCN1CCN(CCCOC)CC1. The topological polar surface area (TPSA) is 32.8 Å². The van der Waals surface area contributed by atoms with Crippen LogP contribution in [0, 0.1) is 0 Å². The van der Waals surface area contributed by atoms with Crippen molar-refractivity contribution < 1.29 is 9.53 Å². The standard InChI is InChI=1S/C18H36N2O2.C2H6/c1-3-18(21)10-7-5-4-6-8-11-19-13-15-20(16-14-19)12-9-17-22-2;1-2/h3-17H2,1-2H3;1-2H3. The van der Waals surface area contributed by atoms with Gasteiger partial charge in [0, 0.05) is 59.3 Å². The third kappa shape index (κ3) is 12.9. The second-order valence-electron chi connectivity index (χ2n) is 6.44. The van der Waals surface area contributed by atoms with Gasteiger partial charge < -0.3 is 14.5 Å². The highest BCUT2D eigenvalue weighted by Gasteiger charge is 2.15. The molecular formula is C20H42N2O2. The van der Waals surface area contributed by atoms with Crippen molar-refractivity contribution in [2.24, 2.45) is 0 Å². The zero-order valence-corrected chi connectivity index (χ0v) is 16.8. The van der Waals surface area contributed by atoms with Gasteiger partial charge in [-0.15, -0.1) is 0 Å². The lowest BCUT2D eigenvalue weighted by molar-refractivity contribution is -0.118. The molecule has 0 atom stereocenters. The number of piperazine rings is 1. The number of nitrogens with zero attached hydrogens (tertiary/aromatic N) is 2. The lowest BCUT2D eigenvalue weighted by atomic mass is 10.1. The van der Waals surface area contributed by atoms with Crippen LogP contribution in [0.5, 0.6) is 0 Å². The summed E-state index contributed by atoms with van der Waals surface area (Å²) in [6.45, 7) is 14.1. The van der Waals surface area contributed by atoms with Gasteiger partial charge in [-0.2, -0.15) is 0 Å². The molecule has 0 amide bonds. The van der Waals surface area contributed by atoms with Gasteiger partial charge in [0.05, 0.1) is 0 Å². The van der Waals surface area contributed by atoms with E-state index in [2.05, 4.69) is 9.80 Å².